The molecule has 0 amide bonds. The molecule has 1 unspecified atom stereocenters. The van der Waals surface area contributed by atoms with Crippen molar-refractivity contribution in [3.05, 3.63) is 10.6 Å². The highest BCUT2D eigenvalue weighted by atomic mass is 32.1. The Hall–Kier alpha value is -0.690. The Morgan fingerprint density at radius 1 is 1.43 bits per heavy atom. The lowest BCUT2D eigenvalue weighted by atomic mass is 10.1. The molecule has 1 aromatic heterocycles. The first-order valence-corrected chi connectivity index (χ1v) is 8.44. The third kappa shape index (κ3) is 4.64. The van der Waals surface area contributed by atoms with Gasteiger partial charge in [-0.1, -0.05) is 13.8 Å². The number of thiazole rings is 1. The van der Waals surface area contributed by atoms with Gasteiger partial charge in [-0.3, -0.25) is 0 Å². The van der Waals surface area contributed by atoms with E-state index < -0.39 is 0 Å². The molecule has 1 N–H and O–H groups in total. The van der Waals surface area contributed by atoms with Gasteiger partial charge in [0.2, 0.25) is 0 Å². The molecule has 1 aromatic rings. The highest BCUT2D eigenvalue weighted by Gasteiger charge is 2.23. The standard InChI is InChI=1S/C15H27N3O2S/c1-11(2)16-8-14-13(10-19-3)17-15(21-14)18-7-5-6-12(9-18)20-4/h11-12,16H,5-10H2,1-4H3. The molecule has 5 nitrogen and oxygen atoms in total. The molecule has 21 heavy (non-hydrogen) atoms. The first kappa shape index (κ1) is 16.7. The van der Waals surface area contributed by atoms with E-state index in [1.807, 2.05) is 0 Å². The predicted octanol–water partition coefficient (Wildman–Crippen LogP) is 2.40. The molecule has 0 bridgehead atoms. The number of hydrogen-bond acceptors (Lipinski definition) is 6. The Morgan fingerprint density at radius 3 is 2.90 bits per heavy atom. The van der Waals surface area contributed by atoms with E-state index in [9.17, 15) is 0 Å². The summed E-state index contributed by atoms with van der Waals surface area (Å²) in [7, 11) is 3.52. The van der Waals surface area contributed by atoms with Gasteiger partial charge in [-0.25, -0.2) is 4.98 Å². The predicted molar refractivity (Wildman–Crippen MR) is 87.0 cm³/mol. The lowest BCUT2D eigenvalue weighted by molar-refractivity contribution is 0.0893. The number of ether oxygens (including phenoxy) is 2. The van der Waals surface area contributed by atoms with E-state index in [-0.39, 0.29) is 0 Å². The molecule has 1 aliphatic rings. The van der Waals surface area contributed by atoms with Gasteiger partial charge in [-0.05, 0) is 12.8 Å². The van der Waals surface area contributed by atoms with Crippen LogP contribution >= 0.6 is 11.3 Å². The summed E-state index contributed by atoms with van der Waals surface area (Å²) in [5, 5.41) is 4.57. The quantitative estimate of drug-likeness (QED) is 0.837. The van der Waals surface area contributed by atoms with Crippen LogP contribution in [0.3, 0.4) is 0 Å². The summed E-state index contributed by atoms with van der Waals surface area (Å²) < 4.78 is 10.8. The molecule has 1 aliphatic heterocycles. The maximum Gasteiger partial charge on any atom is 0.186 e. The monoisotopic (exact) mass is 313 g/mol. The van der Waals surface area contributed by atoms with Gasteiger partial charge in [0.25, 0.3) is 0 Å². The van der Waals surface area contributed by atoms with Crippen LogP contribution < -0.4 is 10.2 Å². The molecule has 0 spiro atoms. The Labute approximate surface area is 131 Å². The highest BCUT2D eigenvalue weighted by molar-refractivity contribution is 7.15. The lowest BCUT2D eigenvalue weighted by Crippen LogP contribution is -2.39. The number of methoxy groups -OCH3 is 2. The molecule has 6 heteroatoms. The lowest BCUT2D eigenvalue weighted by Gasteiger charge is -2.31. The van der Waals surface area contributed by atoms with Crippen LogP contribution in [-0.2, 0) is 22.6 Å². The molecule has 0 radical (unpaired) electrons. The molecular formula is C15H27N3O2S. The molecular weight excluding hydrogens is 286 g/mol. The third-order valence-electron chi connectivity index (χ3n) is 3.70. The fraction of sp³-hybridized carbons (Fsp3) is 0.800. The number of hydrogen-bond donors (Lipinski definition) is 1. The molecule has 0 aliphatic carbocycles. The Morgan fingerprint density at radius 2 is 2.24 bits per heavy atom. The van der Waals surface area contributed by atoms with Crippen LogP contribution in [0.15, 0.2) is 0 Å². The molecule has 120 valence electrons. The zero-order valence-corrected chi connectivity index (χ0v) is 14.3. The van der Waals surface area contributed by atoms with Crippen LogP contribution in [0, 0.1) is 0 Å². The van der Waals surface area contributed by atoms with E-state index in [1.54, 1.807) is 25.6 Å². The zero-order chi connectivity index (χ0) is 15.2. The van der Waals surface area contributed by atoms with Crippen molar-refractivity contribution in [3.8, 4) is 0 Å². The van der Waals surface area contributed by atoms with Crippen LogP contribution in [0.1, 0.15) is 37.3 Å². The van der Waals surface area contributed by atoms with Crippen LogP contribution in [0.5, 0.6) is 0 Å². The summed E-state index contributed by atoms with van der Waals surface area (Å²) in [6.07, 6.45) is 2.63. The molecule has 1 fully saturated rings. The molecule has 2 heterocycles. The number of nitrogens with one attached hydrogen (secondary N) is 1. The van der Waals surface area contributed by atoms with Crippen molar-refractivity contribution in [2.75, 3.05) is 32.2 Å². The highest BCUT2D eigenvalue weighted by Crippen LogP contribution is 2.29. The molecule has 1 atom stereocenters. The summed E-state index contributed by atoms with van der Waals surface area (Å²) in [6.45, 7) is 7.75. The van der Waals surface area contributed by atoms with Crippen molar-refractivity contribution >= 4 is 16.5 Å². The normalized spacial score (nSPS) is 19.5. The number of aromatic nitrogens is 1. The van der Waals surface area contributed by atoms with E-state index in [2.05, 4.69) is 24.1 Å². The SMILES string of the molecule is COCc1nc(N2CCCC(OC)C2)sc1CNC(C)C. The van der Waals surface area contributed by atoms with Gasteiger partial charge in [-0.15, -0.1) is 11.3 Å². The molecule has 2 rings (SSSR count). The van der Waals surface area contributed by atoms with E-state index in [0.717, 1.165) is 43.3 Å². The van der Waals surface area contributed by atoms with Gasteiger partial charge in [-0.2, -0.15) is 0 Å². The van der Waals surface area contributed by atoms with Crippen molar-refractivity contribution in [3.63, 3.8) is 0 Å². The summed E-state index contributed by atoms with van der Waals surface area (Å²) >= 11 is 1.78. The third-order valence-corrected chi connectivity index (χ3v) is 4.86. The first-order chi connectivity index (χ1) is 10.1. The first-order valence-electron chi connectivity index (χ1n) is 7.62. The van der Waals surface area contributed by atoms with Crippen molar-refractivity contribution in [1.82, 2.24) is 10.3 Å². The summed E-state index contributed by atoms with van der Waals surface area (Å²) in [5.74, 6) is 0. The molecule has 1 saturated heterocycles. The Kier molecular flexibility index (Phi) is 6.41. The maximum atomic E-state index is 5.50. The minimum absolute atomic E-state index is 0.325. The van der Waals surface area contributed by atoms with Crippen LogP contribution in [0.2, 0.25) is 0 Å². The van der Waals surface area contributed by atoms with Crippen LogP contribution in [0.4, 0.5) is 5.13 Å². The fourth-order valence-corrected chi connectivity index (χ4v) is 3.54. The maximum absolute atomic E-state index is 5.50. The van der Waals surface area contributed by atoms with Gasteiger partial charge in [0.1, 0.15) is 0 Å². The summed E-state index contributed by atoms with van der Waals surface area (Å²) in [5.41, 5.74) is 1.06. The van der Waals surface area contributed by atoms with E-state index in [4.69, 9.17) is 14.5 Å². The average Bonchev–Trinajstić information content (AvgIpc) is 2.89. The zero-order valence-electron chi connectivity index (χ0n) is 13.5. The van der Waals surface area contributed by atoms with E-state index in [1.165, 1.54) is 4.88 Å². The van der Waals surface area contributed by atoms with Crippen molar-refractivity contribution in [2.24, 2.45) is 0 Å². The average molecular weight is 313 g/mol. The van der Waals surface area contributed by atoms with Gasteiger partial charge < -0.3 is 19.7 Å². The number of nitrogens with zero attached hydrogens (tertiary/aromatic N) is 2. The van der Waals surface area contributed by atoms with E-state index in [0.29, 0.717) is 18.8 Å². The number of anilines is 1. The van der Waals surface area contributed by atoms with Crippen molar-refractivity contribution in [2.45, 2.75) is 52.0 Å². The topological polar surface area (TPSA) is 46.6 Å². The van der Waals surface area contributed by atoms with Crippen molar-refractivity contribution < 1.29 is 9.47 Å². The number of rotatable bonds is 7. The fourth-order valence-electron chi connectivity index (χ4n) is 2.49. The largest absolute Gasteiger partial charge is 0.380 e. The van der Waals surface area contributed by atoms with Crippen LogP contribution in [-0.4, -0.2) is 44.4 Å². The Balaban J connectivity index is 2.10. The van der Waals surface area contributed by atoms with Gasteiger partial charge in [0, 0.05) is 44.8 Å². The van der Waals surface area contributed by atoms with Crippen LogP contribution in [0.25, 0.3) is 0 Å². The minimum Gasteiger partial charge on any atom is -0.380 e. The van der Waals surface area contributed by atoms with E-state index >= 15 is 0 Å². The smallest absolute Gasteiger partial charge is 0.186 e. The van der Waals surface area contributed by atoms with Gasteiger partial charge in [0.05, 0.1) is 18.4 Å². The number of piperidine rings is 1. The second-order valence-electron chi connectivity index (χ2n) is 5.78. The van der Waals surface area contributed by atoms with Gasteiger partial charge in [0.15, 0.2) is 5.13 Å². The second kappa shape index (κ2) is 8.08. The minimum atomic E-state index is 0.325. The summed E-state index contributed by atoms with van der Waals surface area (Å²) in [4.78, 5) is 8.42. The Bertz CT molecular complexity index is 437. The second-order valence-corrected chi connectivity index (χ2v) is 6.84. The van der Waals surface area contributed by atoms with Crippen molar-refractivity contribution in [1.29, 1.82) is 0 Å². The van der Waals surface area contributed by atoms with Gasteiger partial charge >= 0.3 is 0 Å². The molecule has 0 saturated carbocycles. The molecule has 0 aromatic carbocycles. The summed E-state index contributed by atoms with van der Waals surface area (Å²) in [6, 6.07) is 0.471.